The Labute approximate surface area is 161 Å². The van der Waals surface area contributed by atoms with Crippen LogP contribution in [-0.2, 0) is 9.59 Å². The highest BCUT2D eigenvalue weighted by molar-refractivity contribution is 6.19. The minimum absolute atomic E-state index is 0.0194. The lowest BCUT2D eigenvalue weighted by Crippen LogP contribution is -2.50. The lowest BCUT2D eigenvalue weighted by Gasteiger charge is -2.34. The van der Waals surface area contributed by atoms with Crippen molar-refractivity contribution in [2.24, 2.45) is 5.41 Å². The summed E-state index contributed by atoms with van der Waals surface area (Å²) in [6.45, 7) is 9.02. The number of amides is 2. The van der Waals surface area contributed by atoms with E-state index in [2.05, 4.69) is 5.32 Å². The number of rotatable bonds is 6. The van der Waals surface area contributed by atoms with E-state index >= 15 is 0 Å². The van der Waals surface area contributed by atoms with Crippen molar-refractivity contribution in [2.75, 3.05) is 25.6 Å². The van der Waals surface area contributed by atoms with Crippen molar-refractivity contribution in [2.45, 2.75) is 46.6 Å². The number of halogens is 1. The number of hydrogen-bond acceptors (Lipinski definition) is 3. The van der Waals surface area contributed by atoms with E-state index in [0.717, 1.165) is 18.4 Å². The average molecular weight is 381 g/mol. The van der Waals surface area contributed by atoms with Crippen LogP contribution in [0.15, 0.2) is 18.2 Å². The quantitative estimate of drug-likeness (QED) is 0.771. The summed E-state index contributed by atoms with van der Waals surface area (Å²) in [5, 5.41) is 3.05. The summed E-state index contributed by atoms with van der Waals surface area (Å²) < 4.78 is 5.63. The van der Waals surface area contributed by atoms with E-state index in [0.29, 0.717) is 18.8 Å². The van der Waals surface area contributed by atoms with Crippen molar-refractivity contribution in [1.29, 1.82) is 0 Å². The number of ether oxygens (including phenoxy) is 1. The number of benzene rings is 1. The van der Waals surface area contributed by atoms with Crippen LogP contribution in [-0.4, -0.2) is 48.3 Å². The van der Waals surface area contributed by atoms with Gasteiger partial charge in [0, 0.05) is 25.0 Å². The highest BCUT2D eigenvalue weighted by Crippen LogP contribution is 2.20. The Hall–Kier alpha value is -1.75. The summed E-state index contributed by atoms with van der Waals surface area (Å²) in [6, 6.07) is 5.92. The van der Waals surface area contributed by atoms with Crippen LogP contribution in [0.1, 0.15) is 37.8 Å². The van der Waals surface area contributed by atoms with Crippen molar-refractivity contribution in [3.63, 3.8) is 0 Å². The molecule has 0 atom stereocenters. The van der Waals surface area contributed by atoms with Crippen LogP contribution in [0, 0.1) is 19.3 Å². The monoisotopic (exact) mass is 380 g/mol. The van der Waals surface area contributed by atoms with Gasteiger partial charge in [0.05, 0.1) is 5.41 Å². The molecule has 2 rings (SSSR count). The summed E-state index contributed by atoms with van der Waals surface area (Å²) in [7, 11) is 0. The largest absolute Gasteiger partial charge is 0.484 e. The van der Waals surface area contributed by atoms with Crippen LogP contribution in [0.2, 0.25) is 0 Å². The summed E-state index contributed by atoms with van der Waals surface area (Å²) in [6.07, 6.45) is 1.50. The second kappa shape index (κ2) is 8.76. The van der Waals surface area contributed by atoms with E-state index in [1.165, 1.54) is 5.56 Å². The topological polar surface area (TPSA) is 58.6 Å². The van der Waals surface area contributed by atoms with Crippen molar-refractivity contribution < 1.29 is 14.3 Å². The number of nitrogens with zero attached hydrogens (tertiary/aromatic N) is 1. The number of alkyl halides is 1. The fourth-order valence-corrected chi connectivity index (χ4v) is 2.88. The first kappa shape index (κ1) is 20.6. The molecule has 0 bridgehead atoms. The number of carbonyl (C=O) groups is 2. The third kappa shape index (κ3) is 5.37. The van der Waals surface area contributed by atoms with E-state index in [9.17, 15) is 9.59 Å². The zero-order valence-corrected chi connectivity index (χ0v) is 16.9. The lowest BCUT2D eigenvalue weighted by molar-refractivity contribution is -0.134. The average Bonchev–Trinajstić information content (AvgIpc) is 2.63. The smallest absolute Gasteiger partial charge is 0.260 e. The van der Waals surface area contributed by atoms with Crippen LogP contribution >= 0.6 is 11.6 Å². The molecule has 1 aliphatic heterocycles. The second-order valence-corrected chi connectivity index (χ2v) is 7.95. The second-order valence-electron chi connectivity index (χ2n) is 7.68. The molecule has 0 unspecified atom stereocenters. The molecule has 1 fully saturated rings. The van der Waals surface area contributed by atoms with Crippen molar-refractivity contribution in [3.8, 4) is 5.75 Å². The van der Waals surface area contributed by atoms with Gasteiger partial charge in [0.2, 0.25) is 5.91 Å². The number of likely N-dealkylation sites (tertiary alicyclic amines) is 1. The van der Waals surface area contributed by atoms with Gasteiger partial charge in [-0.05, 0) is 63.8 Å². The van der Waals surface area contributed by atoms with Crippen LogP contribution < -0.4 is 10.1 Å². The summed E-state index contributed by atoms with van der Waals surface area (Å²) in [5.41, 5.74) is 1.77. The molecule has 26 heavy (non-hydrogen) atoms. The first-order valence-corrected chi connectivity index (χ1v) is 9.61. The van der Waals surface area contributed by atoms with Crippen LogP contribution in [0.25, 0.3) is 0 Å². The predicted octanol–water partition coefficient (Wildman–Crippen LogP) is 3.05. The zero-order chi connectivity index (χ0) is 19.3. The van der Waals surface area contributed by atoms with Gasteiger partial charge < -0.3 is 15.0 Å². The van der Waals surface area contributed by atoms with Crippen molar-refractivity contribution in [1.82, 2.24) is 10.2 Å². The maximum atomic E-state index is 12.4. The Morgan fingerprint density at radius 1 is 1.23 bits per heavy atom. The van der Waals surface area contributed by atoms with E-state index in [-0.39, 0.29) is 30.3 Å². The standard InChI is InChI=1S/C20H29ClN2O3/c1-14-5-6-17(11-15(14)2)26-12-18(24)23-9-7-16(8-10-23)22-19(25)20(3,4)13-21/h5-6,11,16H,7-10,12-13H2,1-4H3,(H,22,25). The fourth-order valence-electron chi connectivity index (χ4n) is 2.75. The Morgan fingerprint density at radius 3 is 2.46 bits per heavy atom. The minimum Gasteiger partial charge on any atom is -0.484 e. The zero-order valence-electron chi connectivity index (χ0n) is 16.1. The highest BCUT2D eigenvalue weighted by atomic mass is 35.5. The molecular formula is C20H29ClN2O3. The molecule has 0 aliphatic carbocycles. The van der Waals surface area contributed by atoms with Crippen LogP contribution in [0.4, 0.5) is 0 Å². The first-order valence-electron chi connectivity index (χ1n) is 9.07. The predicted molar refractivity (Wildman–Crippen MR) is 104 cm³/mol. The Kier molecular flexibility index (Phi) is 6.93. The molecule has 0 saturated carbocycles. The third-order valence-corrected chi connectivity index (χ3v) is 5.64. The number of piperidine rings is 1. The molecule has 0 spiro atoms. The molecule has 1 aromatic carbocycles. The Balaban J connectivity index is 1.77. The maximum absolute atomic E-state index is 12.4. The van der Waals surface area contributed by atoms with Gasteiger partial charge in [0.25, 0.3) is 5.91 Å². The van der Waals surface area contributed by atoms with Gasteiger partial charge in [-0.25, -0.2) is 0 Å². The summed E-state index contributed by atoms with van der Waals surface area (Å²) >= 11 is 5.85. The van der Waals surface area contributed by atoms with Gasteiger partial charge in [-0.2, -0.15) is 0 Å². The van der Waals surface area contributed by atoms with E-state index in [1.807, 2.05) is 45.9 Å². The molecule has 2 amide bonds. The van der Waals surface area contributed by atoms with Gasteiger partial charge in [-0.15, -0.1) is 11.6 Å². The Bertz CT molecular complexity index is 652. The summed E-state index contributed by atoms with van der Waals surface area (Å²) in [5.74, 6) is 0.947. The van der Waals surface area contributed by atoms with Crippen molar-refractivity contribution in [3.05, 3.63) is 29.3 Å². The number of carbonyl (C=O) groups excluding carboxylic acids is 2. The van der Waals surface area contributed by atoms with Crippen LogP contribution in [0.3, 0.4) is 0 Å². The fraction of sp³-hybridized carbons (Fsp3) is 0.600. The Morgan fingerprint density at radius 2 is 1.88 bits per heavy atom. The first-order chi connectivity index (χ1) is 12.2. The number of hydrogen-bond donors (Lipinski definition) is 1. The SMILES string of the molecule is Cc1ccc(OCC(=O)N2CCC(NC(=O)C(C)(C)CCl)CC2)cc1C. The number of aryl methyl sites for hydroxylation is 2. The van der Waals surface area contributed by atoms with E-state index in [4.69, 9.17) is 16.3 Å². The van der Waals surface area contributed by atoms with Crippen molar-refractivity contribution >= 4 is 23.4 Å². The molecule has 1 aliphatic rings. The maximum Gasteiger partial charge on any atom is 0.260 e. The van der Waals surface area contributed by atoms with Gasteiger partial charge >= 0.3 is 0 Å². The summed E-state index contributed by atoms with van der Waals surface area (Å²) in [4.78, 5) is 26.3. The third-order valence-electron chi connectivity index (χ3n) is 4.97. The van der Waals surface area contributed by atoms with Crippen LogP contribution in [0.5, 0.6) is 5.75 Å². The molecule has 1 N–H and O–H groups in total. The highest BCUT2D eigenvalue weighted by Gasteiger charge is 2.30. The van der Waals surface area contributed by atoms with E-state index in [1.54, 1.807) is 4.90 Å². The minimum atomic E-state index is -0.575. The molecule has 5 nitrogen and oxygen atoms in total. The van der Waals surface area contributed by atoms with Gasteiger partial charge in [-0.1, -0.05) is 6.07 Å². The molecule has 0 radical (unpaired) electrons. The van der Waals surface area contributed by atoms with Gasteiger partial charge in [0.1, 0.15) is 5.75 Å². The molecule has 1 aromatic rings. The molecule has 1 heterocycles. The molecule has 144 valence electrons. The number of nitrogens with one attached hydrogen (secondary N) is 1. The lowest BCUT2D eigenvalue weighted by atomic mass is 9.93. The normalized spacial score (nSPS) is 15.7. The molecule has 1 saturated heterocycles. The van der Waals surface area contributed by atoms with Gasteiger partial charge in [-0.3, -0.25) is 9.59 Å². The van der Waals surface area contributed by atoms with Gasteiger partial charge in [0.15, 0.2) is 6.61 Å². The molecule has 0 aromatic heterocycles. The molecule has 6 heteroatoms. The molecular weight excluding hydrogens is 352 g/mol. The van der Waals surface area contributed by atoms with E-state index < -0.39 is 5.41 Å².